The fraction of sp³-hybridized carbons (Fsp3) is 0. The summed E-state index contributed by atoms with van der Waals surface area (Å²) in [6.07, 6.45) is 0. The first-order chi connectivity index (χ1) is 20.4. The summed E-state index contributed by atoms with van der Waals surface area (Å²) in [6, 6.07) is 55.5. The lowest BCUT2D eigenvalue weighted by Gasteiger charge is -2.14. The zero-order valence-electron chi connectivity index (χ0n) is 22.4. The molecule has 0 fully saturated rings. The highest BCUT2D eigenvalue weighted by Gasteiger charge is 2.25. The van der Waals surface area contributed by atoms with Crippen molar-refractivity contribution >= 4 is 32.6 Å². The first kappa shape index (κ1) is 22.4. The van der Waals surface area contributed by atoms with Gasteiger partial charge in [-0.15, -0.1) is 0 Å². The number of para-hydroxylation sites is 1. The molecule has 0 spiro atoms. The highest BCUT2D eigenvalue weighted by molar-refractivity contribution is 6.23. The smallest absolute Gasteiger partial charge is 0.0547 e. The van der Waals surface area contributed by atoms with Gasteiger partial charge in [0, 0.05) is 22.0 Å². The Bertz CT molecular complexity index is 2280. The van der Waals surface area contributed by atoms with Crippen LogP contribution in [0, 0.1) is 0 Å². The van der Waals surface area contributed by atoms with Crippen LogP contribution >= 0.6 is 0 Å². The average Bonchev–Trinajstić information content (AvgIpc) is 3.32. The van der Waals surface area contributed by atoms with E-state index in [1.54, 1.807) is 0 Å². The molecule has 0 bridgehead atoms. The highest BCUT2D eigenvalue weighted by atomic mass is 15.0. The second-order valence-corrected chi connectivity index (χ2v) is 10.9. The third-order valence-electron chi connectivity index (χ3n) is 8.75. The largest absolute Gasteiger partial charge is 0.309 e. The highest BCUT2D eigenvalue weighted by Crippen LogP contribution is 2.51. The summed E-state index contributed by atoms with van der Waals surface area (Å²) in [4.78, 5) is 0. The molecule has 1 nitrogen and oxygen atoms in total. The van der Waals surface area contributed by atoms with Crippen molar-refractivity contribution in [1.82, 2.24) is 4.57 Å². The van der Waals surface area contributed by atoms with Crippen LogP contribution in [0.4, 0.5) is 0 Å². The summed E-state index contributed by atoms with van der Waals surface area (Å²) in [5, 5.41) is 5.20. The second kappa shape index (κ2) is 8.55. The molecule has 0 aliphatic heterocycles. The Morgan fingerprint density at radius 3 is 1.78 bits per heavy atom. The first-order valence-corrected chi connectivity index (χ1v) is 14.2. The Labute approximate surface area is 238 Å². The normalized spacial score (nSPS) is 11.9. The number of rotatable bonds is 2. The number of hydrogen-bond donors (Lipinski definition) is 0. The molecule has 1 aliphatic carbocycles. The van der Waals surface area contributed by atoms with Gasteiger partial charge in [-0.3, -0.25) is 0 Å². The predicted octanol–water partition coefficient (Wildman–Crippen LogP) is 10.9. The van der Waals surface area contributed by atoms with Crippen LogP contribution in [0.2, 0.25) is 0 Å². The van der Waals surface area contributed by atoms with Gasteiger partial charge in [0.05, 0.1) is 11.0 Å². The van der Waals surface area contributed by atoms with Crippen molar-refractivity contribution in [3.8, 4) is 50.2 Å². The molecule has 0 unspecified atom stereocenters. The Balaban J connectivity index is 1.39. The molecule has 9 rings (SSSR count). The minimum Gasteiger partial charge on any atom is -0.309 e. The van der Waals surface area contributed by atoms with Crippen LogP contribution in [0.5, 0.6) is 0 Å². The third-order valence-corrected chi connectivity index (χ3v) is 8.75. The molecule has 1 aliphatic rings. The molecule has 0 saturated carbocycles. The third kappa shape index (κ3) is 3.18. The molecule has 0 N–H and O–H groups in total. The minimum absolute atomic E-state index is 1.17. The van der Waals surface area contributed by atoms with Crippen LogP contribution in [0.25, 0.3) is 82.8 Å². The van der Waals surface area contributed by atoms with Crippen LogP contribution < -0.4 is 0 Å². The Morgan fingerprint density at radius 1 is 0.341 bits per heavy atom. The Hall–Kier alpha value is -5.40. The van der Waals surface area contributed by atoms with Crippen LogP contribution in [-0.2, 0) is 0 Å². The molecular formula is C40H25N. The van der Waals surface area contributed by atoms with Crippen molar-refractivity contribution in [2.24, 2.45) is 0 Å². The molecule has 1 heterocycles. The summed E-state index contributed by atoms with van der Waals surface area (Å²) in [7, 11) is 0. The Kier molecular flexibility index (Phi) is 4.67. The molecule has 0 atom stereocenters. The molecule has 0 saturated heterocycles. The van der Waals surface area contributed by atoms with Gasteiger partial charge in [-0.05, 0) is 74.0 Å². The van der Waals surface area contributed by atoms with E-state index in [4.69, 9.17) is 0 Å². The summed E-state index contributed by atoms with van der Waals surface area (Å²) < 4.78 is 2.43. The number of fused-ring (bicyclic) bond motifs is 9. The van der Waals surface area contributed by atoms with E-state index in [-0.39, 0.29) is 0 Å². The summed E-state index contributed by atoms with van der Waals surface area (Å²) in [5.41, 5.74) is 13.9. The Morgan fingerprint density at radius 2 is 0.976 bits per heavy atom. The topological polar surface area (TPSA) is 4.93 Å². The van der Waals surface area contributed by atoms with Crippen molar-refractivity contribution in [3.63, 3.8) is 0 Å². The zero-order chi connectivity index (χ0) is 26.9. The quantitative estimate of drug-likeness (QED) is 0.214. The van der Waals surface area contributed by atoms with Crippen LogP contribution in [0.1, 0.15) is 0 Å². The van der Waals surface area contributed by atoms with Crippen LogP contribution in [-0.4, -0.2) is 4.57 Å². The molecule has 190 valence electrons. The van der Waals surface area contributed by atoms with Crippen molar-refractivity contribution in [2.75, 3.05) is 0 Å². The lowest BCUT2D eigenvalue weighted by molar-refractivity contribution is 1.18. The molecule has 1 aromatic heterocycles. The fourth-order valence-electron chi connectivity index (χ4n) is 7.00. The van der Waals surface area contributed by atoms with Crippen LogP contribution in [0.15, 0.2) is 152 Å². The zero-order valence-corrected chi connectivity index (χ0v) is 22.4. The van der Waals surface area contributed by atoms with Gasteiger partial charge in [0.25, 0.3) is 0 Å². The lowest BCUT2D eigenvalue weighted by Crippen LogP contribution is -1.94. The van der Waals surface area contributed by atoms with Crippen molar-refractivity contribution in [1.29, 1.82) is 0 Å². The van der Waals surface area contributed by atoms with E-state index < -0.39 is 0 Å². The average molecular weight is 520 g/mol. The summed E-state index contributed by atoms with van der Waals surface area (Å²) >= 11 is 0. The van der Waals surface area contributed by atoms with E-state index in [0.717, 1.165) is 0 Å². The van der Waals surface area contributed by atoms with Gasteiger partial charge >= 0.3 is 0 Å². The monoisotopic (exact) mass is 519 g/mol. The maximum atomic E-state index is 2.43. The standard InChI is InChI=1S/C40H25N/c1-2-10-26(11-3-1)27-20-22-29(23-21-27)41-36-19-7-6-16-35(36)40-37(41)25-24-34-33-18-9-13-28-12-8-17-31(38(28)33)30-14-4-5-15-32(30)39(34)40/h1-25H. The van der Waals surface area contributed by atoms with Crippen LogP contribution in [0.3, 0.4) is 0 Å². The molecule has 41 heavy (non-hydrogen) atoms. The number of aromatic nitrogens is 1. The van der Waals surface area contributed by atoms with E-state index in [1.807, 2.05) is 0 Å². The van der Waals surface area contributed by atoms with E-state index >= 15 is 0 Å². The minimum atomic E-state index is 1.17. The van der Waals surface area contributed by atoms with Gasteiger partial charge in [0.2, 0.25) is 0 Å². The van der Waals surface area contributed by atoms with Crippen molar-refractivity contribution in [3.05, 3.63) is 152 Å². The maximum absolute atomic E-state index is 2.43. The summed E-state index contributed by atoms with van der Waals surface area (Å²) in [6.45, 7) is 0. The lowest BCUT2D eigenvalue weighted by atomic mass is 9.90. The van der Waals surface area contributed by atoms with E-state index in [1.165, 1.54) is 82.8 Å². The van der Waals surface area contributed by atoms with Gasteiger partial charge in [-0.1, -0.05) is 127 Å². The molecule has 7 aromatic carbocycles. The van der Waals surface area contributed by atoms with E-state index in [2.05, 4.69) is 156 Å². The number of hydrogen-bond acceptors (Lipinski definition) is 0. The van der Waals surface area contributed by atoms with Gasteiger partial charge < -0.3 is 4.57 Å². The van der Waals surface area contributed by atoms with Crippen molar-refractivity contribution < 1.29 is 0 Å². The summed E-state index contributed by atoms with van der Waals surface area (Å²) in [5.74, 6) is 0. The second-order valence-electron chi connectivity index (χ2n) is 10.9. The van der Waals surface area contributed by atoms with Gasteiger partial charge in [0.15, 0.2) is 0 Å². The number of benzene rings is 7. The van der Waals surface area contributed by atoms with Gasteiger partial charge in [0.1, 0.15) is 0 Å². The fourth-order valence-corrected chi connectivity index (χ4v) is 7.00. The molecular weight excluding hydrogens is 494 g/mol. The molecule has 1 heteroatoms. The molecule has 8 aromatic rings. The van der Waals surface area contributed by atoms with E-state index in [0.29, 0.717) is 0 Å². The first-order valence-electron chi connectivity index (χ1n) is 14.2. The molecule has 0 amide bonds. The maximum Gasteiger partial charge on any atom is 0.0547 e. The number of nitrogens with zero attached hydrogens (tertiary/aromatic N) is 1. The van der Waals surface area contributed by atoms with Gasteiger partial charge in [-0.25, -0.2) is 0 Å². The molecule has 0 radical (unpaired) electrons. The SMILES string of the molecule is c1ccc(-c2ccc(-n3c4ccccc4c4c5c(ccc43)-c3cccc4cccc(c34)-c3ccccc3-5)cc2)cc1. The van der Waals surface area contributed by atoms with Gasteiger partial charge in [-0.2, -0.15) is 0 Å². The van der Waals surface area contributed by atoms with E-state index in [9.17, 15) is 0 Å². The van der Waals surface area contributed by atoms with Crippen molar-refractivity contribution in [2.45, 2.75) is 0 Å². The predicted molar refractivity (Wildman–Crippen MR) is 174 cm³/mol.